The molecule has 1 saturated heterocycles. The summed E-state index contributed by atoms with van der Waals surface area (Å²) in [6.45, 7) is 7.84. The molecule has 5 amide bonds. The summed E-state index contributed by atoms with van der Waals surface area (Å²) < 4.78 is 51.6. The second kappa shape index (κ2) is 15.6. The summed E-state index contributed by atoms with van der Waals surface area (Å²) in [6, 6.07) is 1.97. The molecule has 1 aromatic carbocycles. The molecule has 0 radical (unpaired) electrons. The summed E-state index contributed by atoms with van der Waals surface area (Å²) in [4.78, 5) is 67.1. The fourth-order valence-corrected chi connectivity index (χ4v) is 6.38. The molecule has 1 saturated carbocycles. The van der Waals surface area contributed by atoms with Gasteiger partial charge in [0.15, 0.2) is 0 Å². The van der Waals surface area contributed by atoms with Crippen LogP contribution >= 0.6 is 0 Å². The average molecular weight is 684 g/mol. The van der Waals surface area contributed by atoms with Gasteiger partial charge in [0.2, 0.25) is 21.8 Å². The largest absolute Gasteiger partial charge is 0.444 e. The van der Waals surface area contributed by atoms with Gasteiger partial charge in [-0.3, -0.25) is 24.0 Å². The minimum Gasteiger partial charge on any atom is -0.444 e. The molecule has 4 N–H and O–H groups in total. The lowest BCUT2D eigenvalue weighted by atomic mass is 10.1. The smallest absolute Gasteiger partial charge is 0.410 e. The number of carbonyl (C=O) groups is 5. The van der Waals surface area contributed by atoms with E-state index in [1.165, 1.54) is 17.0 Å². The number of halogens is 1. The van der Waals surface area contributed by atoms with Crippen molar-refractivity contribution in [3.63, 3.8) is 0 Å². The molecule has 4 rings (SSSR count). The van der Waals surface area contributed by atoms with Crippen LogP contribution in [0.1, 0.15) is 57.6 Å². The van der Waals surface area contributed by atoms with E-state index in [1.54, 1.807) is 32.9 Å². The number of rotatable bonds is 10. The number of hydrogen-bond acceptors (Lipinski definition) is 10. The topological polar surface area (TPSA) is 201 Å². The maximum atomic E-state index is 14.2. The first kappa shape index (κ1) is 37.2. The van der Waals surface area contributed by atoms with Gasteiger partial charge in [-0.25, -0.2) is 22.4 Å². The Morgan fingerprint density at radius 1 is 1.15 bits per heavy atom. The Bertz CT molecular complexity index is 1480. The van der Waals surface area contributed by atoms with Gasteiger partial charge in [0.1, 0.15) is 36.2 Å². The van der Waals surface area contributed by atoms with E-state index in [-0.39, 0.29) is 32.5 Å². The van der Waals surface area contributed by atoms with E-state index in [1.807, 2.05) is 4.72 Å². The van der Waals surface area contributed by atoms with Gasteiger partial charge < -0.3 is 30.1 Å². The molecular weight excluding hydrogens is 641 g/mol. The van der Waals surface area contributed by atoms with Crippen molar-refractivity contribution in [2.75, 3.05) is 20.2 Å². The number of ether oxygens (including phenoxy) is 2. The third-order valence-electron chi connectivity index (χ3n) is 7.36. The van der Waals surface area contributed by atoms with Crippen molar-refractivity contribution in [2.45, 2.75) is 88.6 Å². The number of nitrogens with one attached hydrogen (secondary N) is 3. The van der Waals surface area contributed by atoms with Crippen molar-refractivity contribution in [2.24, 2.45) is 0 Å². The van der Waals surface area contributed by atoms with Gasteiger partial charge >= 0.3 is 12.2 Å². The first-order chi connectivity index (χ1) is 22.1. The summed E-state index contributed by atoms with van der Waals surface area (Å²) in [5.41, 5.74) is 0.184. The van der Waals surface area contributed by atoms with Crippen LogP contribution in [0.4, 0.5) is 14.0 Å². The van der Waals surface area contributed by atoms with Crippen LogP contribution < -0.4 is 15.4 Å². The Hall–Kier alpha value is -4.25. The van der Waals surface area contributed by atoms with Crippen LogP contribution in [0, 0.1) is 5.82 Å². The van der Waals surface area contributed by atoms with Crippen LogP contribution in [0.2, 0.25) is 0 Å². The predicted molar refractivity (Wildman–Crippen MR) is 165 cm³/mol. The van der Waals surface area contributed by atoms with E-state index in [9.17, 15) is 36.8 Å². The van der Waals surface area contributed by atoms with Crippen LogP contribution in [0.15, 0.2) is 30.9 Å². The molecular formula is C30H42FN5O10S. The summed E-state index contributed by atoms with van der Waals surface area (Å²) in [7, 11) is -2.90. The maximum Gasteiger partial charge on any atom is 0.410 e. The van der Waals surface area contributed by atoms with E-state index < -0.39 is 81.3 Å². The maximum absolute atomic E-state index is 14.2. The van der Waals surface area contributed by atoms with Gasteiger partial charge in [0.25, 0.3) is 5.91 Å². The molecule has 3 atom stereocenters. The molecule has 0 aromatic heterocycles. The number of carbonyl (C=O) groups excluding carboxylic acids is 5. The lowest BCUT2D eigenvalue weighted by Gasteiger charge is -2.26. The summed E-state index contributed by atoms with van der Waals surface area (Å²) in [5, 5.41) is 11.1. The van der Waals surface area contributed by atoms with Crippen molar-refractivity contribution in [1.82, 2.24) is 25.2 Å². The van der Waals surface area contributed by atoms with E-state index >= 15 is 0 Å². The van der Waals surface area contributed by atoms with E-state index in [2.05, 4.69) is 17.2 Å². The number of likely N-dealkylation sites (tertiary alicyclic amines) is 1. The fourth-order valence-electron chi connectivity index (χ4n) is 5.04. The van der Waals surface area contributed by atoms with Gasteiger partial charge in [0.05, 0.1) is 18.3 Å². The normalized spacial score (nSPS) is 19.4. The lowest BCUT2D eigenvalue weighted by Crippen LogP contribution is -2.54. The molecule has 15 nitrogen and oxygen atoms in total. The number of aliphatic hydroxyl groups is 1. The number of amides is 5. The Morgan fingerprint density at radius 3 is 2.43 bits per heavy atom. The SMILES string of the molecule is C=CC[C@@H](NC(=O)[C@@H]1CC(OC(=O)N2Cc3cccc(F)c3C2)CN1C(=O)CNC(=O)OC(C)(C)C)C(=O)NS(=O)(=O)C1CC1.CO. The van der Waals surface area contributed by atoms with Gasteiger partial charge in [0, 0.05) is 25.6 Å². The van der Waals surface area contributed by atoms with Crippen LogP contribution in [-0.4, -0.2) is 102 Å². The number of nitrogens with zero attached hydrogens (tertiary/aromatic N) is 2. The molecule has 1 unspecified atom stereocenters. The summed E-state index contributed by atoms with van der Waals surface area (Å²) in [5.74, 6) is -2.91. The number of benzene rings is 1. The van der Waals surface area contributed by atoms with Crippen molar-refractivity contribution >= 4 is 39.9 Å². The second-order valence-corrected chi connectivity index (χ2v) is 14.1. The van der Waals surface area contributed by atoms with Gasteiger partial charge in [-0.1, -0.05) is 18.2 Å². The first-order valence-corrected chi connectivity index (χ1v) is 16.5. The highest BCUT2D eigenvalue weighted by Gasteiger charge is 2.44. The number of aliphatic hydroxyl groups excluding tert-OH is 1. The lowest BCUT2D eigenvalue weighted by molar-refractivity contribution is -0.138. The van der Waals surface area contributed by atoms with Crippen molar-refractivity contribution in [3.05, 3.63) is 47.8 Å². The Kier molecular flexibility index (Phi) is 12.3. The van der Waals surface area contributed by atoms with Gasteiger partial charge in [-0.15, -0.1) is 6.58 Å². The Labute approximate surface area is 272 Å². The van der Waals surface area contributed by atoms with Crippen molar-refractivity contribution in [1.29, 1.82) is 0 Å². The Balaban J connectivity index is 0.00000294. The predicted octanol–water partition coefficient (Wildman–Crippen LogP) is 1.05. The highest BCUT2D eigenvalue weighted by molar-refractivity contribution is 7.90. The zero-order valence-corrected chi connectivity index (χ0v) is 27.6. The number of fused-ring (bicyclic) bond motifs is 1. The number of alkyl carbamates (subject to hydrolysis) is 1. The van der Waals surface area contributed by atoms with E-state index in [0.717, 1.165) is 12.0 Å². The number of sulfonamides is 1. The summed E-state index contributed by atoms with van der Waals surface area (Å²) in [6.07, 6.45) is -0.681. The molecule has 1 aliphatic carbocycles. The molecule has 260 valence electrons. The van der Waals surface area contributed by atoms with Crippen LogP contribution in [0.25, 0.3) is 0 Å². The Morgan fingerprint density at radius 2 is 1.83 bits per heavy atom. The monoisotopic (exact) mass is 683 g/mol. The molecule has 1 aromatic rings. The quantitative estimate of drug-likeness (QED) is 0.259. The van der Waals surface area contributed by atoms with Crippen LogP contribution in [-0.2, 0) is 47.0 Å². The summed E-state index contributed by atoms with van der Waals surface area (Å²) >= 11 is 0. The standard InChI is InChI=1S/C29H38FN5O9S.CH4O/c1-5-7-22(25(37)33-45(41,42)19-10-11-19)32-26(38)23-12-18(15-35(23)24(36)13-31-27(39)44-29(2,3)4)43-28(40)34-14-17-8-6-9-21(30)20(17)16-34;1-2/h5-6,8-9,18-19,22-23H,1,7,10-16H2,2-4H3,(H,31,39)(H,32,38)(H,33,37);2H,1H3/t18?,22-,23+;/m1./s1. The fraction of sp³-hybridized carbons (Fsp3) is 0.567. The zero-order valence-electron chi connectivity index (χ0n) is 26.8. The highest BCUT2D eigenvalue weighted by atomic mass is 32.2. The molecule has 47 heavy (non-hydrogen) atoms. The van der Waals surface area contributed by atoms with Crippen molar-refractivity contribution in [3.8, 4) is 0 Å². The molecule has 0 spiro atoms. The minimum atomic E-state index is -3.90. The minimum absolute atomic E-state index is 0.0119. The van der Waals surface area contributed by atoms with E-state index in [0.29, 0.717) is 24.0 Å². The first-order valence-electron chi connectivity index (χ1n) is 15.0. The molecule has 17 heteroatoms. The van der Waals surface area contributed by atoms with Gasteiger partial charge in [-0.2, -0.15) is 0 Å². The third-order valence-corrected chi connectivity index (χ3v) is 9.20. The van der Waals surface area contributed by atoms with Crippen LogP contribution in [0.3, 0.4) is 0 Å². The molecule has 3 aliphatic rings. The average Bonchev–Trinajstić information content (AvgIpc) is 3.64. The number of hydrogen-bond donors (Lipinski definition) is 4. The van der Waals surface area contributed by atoms with Gasteiger partial charge in [-0.05, 0) is 51.7 Å². The zero-order chi connectivity index (χ0) is 35.1. The molecule has 0 bridgehead atoms. The molecule has 2 aliphatic heterocycles. The molecule has 2 heterocycles. The van der Waals surface area contributed by atoms with Crippen LogP contribution in [0.5, 0.6) is 0 Å². The van der Waals surface area contributed by atoms with Crippen molar-refractivity contribution < 1.29 is 51.4 Å². The molecule has 2 fully saturated rings. The third kappa shape index (κ3) is 10.1. The second-order valence-electron chi connectivity index (χ2n) is 12.2. The highest BCUT2D eigenvalue weighted by Crippen LogP contribution is 2.29. The van der Waals surface area contributed by atoms with E-state index in [4.69, 9.17) is 14.6 Å².